The maximum atomic E-state index is 12.0. The molecule has 0 atom stereocenters. The Morgan fingerprint density at radius 2 is 1.89 bits per heavy atom. The SMILES string of the molecule is Cc1cc(O)ccc1C(=O)C[n+]1ccccc1.[I-]. The van der Waals surface area contributed by atoms with E-state index in [9.17, 15) is 9.90 Å². The molecule has 4 heteroatoms. The van der Waals surface area contributed by atoms with Gasteiger partial charge < -0.3 is 29.1 Å². The Morgan fingerprint density at radius 1 is 1.22 bits per heavy atom. The van der Waals surface area contributed by atoms with E-state index in [0.717, 1.165) is 5.56 Å². The number of rotatable bonds is 3. The molecule has 1 heterocycles. The van der Waals surface area contributed by atoms with Gasteiger partial charge in [0.2, 0.25) is 12.3 Å². The van der Waals surface area contributed by atoms with Crippen LogP contribution >= 0.6 is 0 Å². The number of carbonyl (C=O) groups excluding carboxylic acids is 1. The van der Waals surface area contributed by atoms with E-state index in [2.05, 4.69) is 0 Å². The third kappa shape index (κ3) is 3.53. The highest BCUT2D eigenvalue weighted by molar-refractivity contribution is 5.96. The van der Waals surface area contributed by atoms with Crippen molar-refractivity contribution in [1.29, 1.82) is 0 Å². The van der Waals surface area contributed by atoms with Crippen molar-refractivity contribution in [3.05, 3.63) is 59.9 Å². The average molecular weight is 355 g/mol. The molecule has 0 aliphatic rings. The number of hydrogen-bond acceptors (Lipinski definition) is 2. The van der Waals surface area contributed by atoms with E-state index < -0.39 is 0 Å². The van der Waals surface area contributed by atoms with Crippen molar-refractivity contribution in [2.45, 2.75) is 13.5 Å². The molecule has 0 fully saturated rings. The molecule has 2 rings (SSSR count). The van der Waals surface area contributed by atoms with Gasteiger partial charge in [-0.1, -0.05) is 6.07 Å². The molecule has 0 saturated heterocycles. The summed E-state index contributed by atoms with van der Waals surface area (Å²) in [6.45, 7) is 2.13. The Labute approximate surface area is 123 Å². The zero-order valence-electron chi connectivity index (χ0n) is 10.0. The van der Waals surface area contributed by atoms with Crippen LogP contribution in [0.5, 0.6) is 5.75 Å². The second-order valence-electron chi connectivity index (χ2n) is 3.97. The van der Waals surface area contributed by atoms with Crippen LogP contribution < -0.4 is 28.5 Å². The number of benzene rings is 1. The van der Waals surface area contributed by atoms with Crippen molar-refractivity contribution in [3.63, 3.8) is 0 Å². The number of hydrogen-bond donors (Lipinski definition) is 1. The molecule has 1 aromatic carbocycles. The third-order valence-corrected chi connectivity index (χ3v) is 2.61. The highest BCUT2D eigenvalue weighted by atomic mass is 127. The van der Waals surface area contributed by atoms with Crippen LogP contribution in [0.1, 0.15) is 15.9 Å². The third-order valence-electron chi connectivity index (χ3n) is 2.61. The van der Waals surface area contributed by atoms with Gasteiger partial charge in [-0.25, -0.2) is 0 Å². The fourth-order valence-corrected chi connectivity index (χ4v) is 1.75. The zero-order valence-corrected chi connectivity index (χ0v) is 12.2. The number of Topliss-reactive ketones (excluding diaryl/α,β-unsaturated/α-hetero) is 1. The summed E-state index contributed by atoms with van der Waals surface area (Å²) in [4.78, 5) is 12.0. The predicted octanol–water partition coefficient (Wildman–Crippen LogP) is -1.12. The summed E-state index contributed by atoms with van der Waals surface area (Å²) < 4.78 is 1.83. The maximum absolute atomic E-state index is 12.0. The minimum absolute atomic E-state index is 0. The predicted molar refractivity (Wildman–Crippen MR) is 63.8 cm³/mol. The second-order valence-corrected chi connectivity index (χ2v) is 3.97. The maximum Gasteiger partial charge on any atom is 0.227 e. The average Bonchev–Trinajstić information content (AvgIpc) is 2.30. The summed E-state index contributed by atoms with van der Waals surface area (Å²) in [5.41, 5.74) is 1.45. The zero-order chi connectivity index (χ0) is 12.3. The van der Waals surface area contributed by atoms with E-state index in [1.807, 2.05) is 42.1 Å². The topological polar surface area (TPSA) is 41.2 Å². The minimum Gasteiger partial charge on any atom is -1.00 e. The van der Waals surface area contributed by atoms with Crippen LogP contribution in [0, 0.1) is 6.92 Å². The standard InChI is InChI=1S/C14H13NO2.HI/c1-11-9-12(16)5-6-13(11)14(17)10-15-7-3-2-4-8-15;/h2-9H,10H2,1H3;1H. The Bertz CT molecular complexity index is 541. The van der Waals surface area contributed by atoms with Crippen molar-refractivity contribution in [2.24, 2.45) is 0 Å². The molecule has 1 aromatic heterocycles. The number of phenolic OH excluding ortho intramolecular Hbond substituents is 1. The van der Waals surface area contributed by atoms with Gasteiger partial charge in [0.25, 0.3) is 0 Å². The summed E-state index contributed by atoms with van der Waals surface area (Å²) in [6.07, 6.45) is 3.71. The minimum atomic E-state index is 0. The Hall–Kier alpha value is -1.43. The lowest BCUT2D eigenvalue weighted by molar-refractivity contribution is -0.683. The summed E-state index contributed by atoms with van der Waals surface area (Å²) in [5, 5.41) is 9.29. The fraction of sp³-hybridized carbons (Fsp3) is 0.143. The number of aryl methyl sites for hydroxylation is 1. The molecular formula is C14H14INO2. The molecular weight excluding hydrogens is 341 g/mol. The molecule has 2 aromatic rings. The lowest BCUT2D eigenvalue weighted by Crippen LogP contribution is -3.00. The number of nitrogens with zero attached hydrogens (tertiary/aromatic N) is 1. The quantitative estimate of drug-likeness (QED) is 0.431. The number of aromatic hydroxyl groups is 1. The molecule has 0 radical (unpaired) electrons. The summed E-state index contributed by atoms with van der Waals surface area (Å²) in [5.74, 6) is 0.227. The Balaban J connectivity index is 0.00000162. The Morgan fingerprint density at radius 3 is 2.50 bits per heavy atom. The molecule has 0 saturated carbocycles. The lowest BCUT2D eigenvalue weighted by atomic mass is 10.0. The first-order chi connectivity index (χ1) is 8.16. The van der Waals surface area contributed by atoms with E-state index in [4.69, 9.17) is 0 Å². The number of phenols is 1. The van der Waals surface area contributed by atoms with Crippen LogP contribution in [0.15, 0.2) is 48.8 Å². The van der Waals surface area contributed by atoms with Crippen LogP contribution in [-0.4, -0.2) is 10.9 Å². The highest BCUT2D eigenvalue weighted by Crippen LogP contribution is 2.16. The lowest BCUT2D eigenvalue weighted by Gasteiger charge is -2.03. The van der Waals surface area contributed by atoms with Crippen LogP contribution in [0.2, 0.25) is 0 Å². The first-order valence-corrected chi connectivity index (χ1v) is 5.44. The van der Waals surface area contributed by atoms with Gasteiger partial charge in [-0.2, -0.15) is 4.57 Å². The van der Waals surface area contributed by atoms with Crippen molar-refractivity contribution >= 4 is 5.78 Å². The smallest absolute Gasteiger partial charge is 0.227 e. The first-order valence-electron chi connectivity index (χ1n) is 5.44. The van der Waals surface area contributed by atoms with Gasteiger partial charge in [0, 0.05) is 17.7 Å². The van der Waals surface area contributed by atoms with Crippen molar-refractivity contribution in [3.8, 4) is 5.75 Å². The van der Waals surface area contributed by atoms with E-state index >= 15 is 0 Å². The van der Waals surface area contributed by atoms with Crippen LogP contribution in [0.25, 0.3) is 0 Å². The van der Waals surface area contributed by atoms with E-state index in [-0.39, 0.29) is 35.5 Å². The number of ketones is 1. The highest BCUT2D eigenvalue weighted by Gasteiger charge is 2.13. The number of pyridine rings is 1. The summed E-state index contributed by atoms with van der Waals surface area (Å²) >= 11 is 0. The van der Waals surface area contributed by atoms with Crippen LogP contribution in [0.4, 0.5) is 0 Å². The molecule has 18 heavy (non-hydrogen) atoms. The fourth-order valence-electron chi connectivity index (χ4n) is 1.75. The van der Waals surface area contributed by atoms with Crippen molar-refractivity contribution < 1.29 is 38.4 Å². The van der Waals surface area contributed by atoms with Crippen molar-refractivity contribution in [2.75, 3.05) is 0 Å². The van der Waals surface area contributed by atoms with Gasteiger partial charge in [-0.15, -0.1) is 0 Å². The van der Waals surface area contributed by atoms with E-state index in [0.29, 0.717) is 12.1 Å². The Kier molecular flexibility index (Phi) is 5.27. The normalized spacial score (nSPS) is 9.61. The van der Waals surface area contributed by atoms with E-state index in [1.54, 1.807) is 12.1 Å². The van der Waals surface area contributed by atoms with Crippen LogP contribution in [0.3, 0.4) is 0 Å². The van der Waals surface area contributed by atoms with Gasteiger partial charge >= 0.3 is 0 Å². The van der Waals surface area contributed by atoms with Gasteiger partial charge in [0.15, 0.2) is 12.4 Å². The van der Waals surface area contributed by atoms with Gasteiger partial charge in [-0.3, -0.25) is 4.79 Å². The number of carbonyl (C=O) groups is 1. The molecule has 1 N–H and O–H groups in total. The molecule has 0 unspecified atom stereocenters. The molecule has 0 aliphatic heterocycles. The molecule has 3 nitrogen and oxygen atoms in total. The molecule has 0 bridgehead atoms. The first kappa shape index (κ1) is 14.6. The molecule has 0 aliphatic carbocycles. The largest absolute Gasteiger partial charge is 1.00 e. The monoisotopic (exact) mass is 355 g/mol. The van der Waals surface area contributed by atoms with Crippen LogP contribution in [-0.2, 0) is 6.54 Å². The van der Waals surface area contributed by atoms with E-state index in [1.165, 1.54) is 6.07 Å². The second kappa shape index (κ2) is 6.49. The van der Waals surface area contributed by atoms with Crippen molar-refractivity contribution in [1.82, 2.24) is 0 Å². The number of halogens is 1. The number of aromatic nitrogens is 1. The summed E-state index contributed by atoms with van der Waals surface area (Å²) in [6, 6.07) is 10.5. The molecule has 94 valence electrons. The van der Waals surface area contributed by atoms with Gasteiger partial charge in [-0.05, 0) is 30.7 Å². The van der Waals surface area contributed by atoms with Gasteiger partial charge in [0.05, 0.1) is 0 Å². The van der Waals surface area contributed by atoms with Gasteiger partial charge in [0.1, 0.15) is 5.75 Å². The summed E-state index contributed by atoms with van der Waals surface area (Å²) in [7, 11) is 0. The molecule has 0 amide bonds. The molecule has 0 spiro atoms.